The maximum atomic E-state index is 12.9. The molecule has 25 heavy (non-hydrogen) atoms. The van der Waals surface area contributed by atoms with Gasteiger partial charge in [-0.2, -0.15) is 5.11 Å². The molecular formula is C17H13ClN4O3. The summed E-state index contributed by atoms with van der Waals surface area (Å²) in [6, 6.07) is 12.0. The summed E-state index contributed by atoms with van der Waals surface area (Å²) in [5, 5.41) is 9.95. The molecule has 2 aromatic rings. The van der Waals surface area contributed by atoms with Gasteiger partial charge in [0.15, 0.2) is 12.1 Å². The third-order valence-electron chi connectivity index (χ3n) is 4.17. The van der Waals surface area contributed by atoms with Crippen LogP contribution in [-0.4, -0.2) is 31.0 Å². The highest BCUT2D eigenvalue weighted by Crippen LogP contribution is 2.36. The third kappa shape index (κ3) is 2.44. The second-order valence-electron chi connectivity index (χ2n) is 5.63. The SMILES string of the molecule is COc1cccc(N2C(=O)[C@@H]3N=NN(c4cccc(Cl)c4)[C@H]3C2=O)c1. The standard InChI is InChI=1S/C17H13ClN4O3/c1-25-13-7-3-5-11(9-13)21-16(23)14-15(17(21)24)22(20-19-14)12-6-2-4-10(18)8-12/h2-9,14-15H,1H3/t14-,15-/m1/s1. The topological polar surface area (TPSA) is 74.6 Å². The van der Waals surface area contributed by atoms with Crippen LogP contribution in [0.4, 0.5) is 11.4 Å². The Morgan fingerprint density at radius 2 is 1.80 bits per heavy atom. The monoisotopic (exact) mass is 356 g/mol. The summed E-state index contributed by atoms with van der Waals surface area (Å²) in [5.41, 5.74) is 1.06. The molecule has 0 aliphatic carbocycles. The van der Waals surface area contributed by atoms with E-state index in [0.717, 1.165) is 4.90 Å². The predicted molar refractivity (Wildman–Crippen MR) is 91.9 cm³/mol. The Morgan fingerprint density at radius 3 is 2.56 bits per heavy atom. The first-order valence-electron chi connectivity index (χ1n) is 7.57. The summed E-state index contributed by atoms with van der Waals surface area (Å²) in [6.07, 6.45) is 0. The lowest BCUT2D eigenvalue weighted by Crippen LogP contribution is -2.39. The second kappa shape index (κ2) is 5.86. The molecule has 1 saturated heterocycles. The van der Waals surface area contributed by atoms with Crippen molar-refractivity contribution < 1.29 is 14.3 Å². The van der Waals surface area contributed by atoms with Crippen molar-refractivity contribution in [1.82, 2.24) is 0 Å². The molecule has 0 bridgehead atoms. The van der Waals surface area contributed by atoms with Gasteiger partial charge in [0, 0.05) is 11.1 Å². The van der Waals surface area contributed by atoms with E-state index in [1.165, 1.54) is 12.1 Å². The van der Waals surface area contributed by atoms with Gasteiger partial charge < -0.3 is 4.74 Å². The van der Waals surface area contributed by atoms with Crippen molar-refractivity contribution >= 4 is 34.8 Å². The number of nitrogens with zero attached hydrogens (tertiary/aromatic N) is 4. The van der Waals surface area contributed by atoms with Crippen molar-refractivity contribution in [3.63, 3.8) is 0 Å². The maximum Gasteiger partial charge on any atom is 0.263 e. The molecule has 0 saturated carbocycles. The first-order valence-corrected chi connectivity index (χ1v) is 7.95. The quantitative estimate of drug-likeness (QED) is 0.792. The number of rotatable bonds is 3. The largest absolute Gasteiger partial charge is 0.497 e. The van der Waals surface area contributed by atoms with E-state index < -0.39 is 18.0 Å². The van der Waals surface area contributed by atoms with Crippen LogP contribution in [-0.2, 0) is 9.59 Å². The van der Waals surface area contributed by atoms with Crippen LogP contribution in [0.3, 0.4) is 0 Å². The van der Waals surface area contributed by atoms with Gasteiger partial charge in [0.1, 0.15) is 5.75 Å². The van der Waals surface area contributed by atoms with Gasteiger partial charge >= 0.3 is 0 Å². The van der Waals surface area contributed by atoms with E-state index in [4.69, 9.17) is 16.3 Å². The Labute approximate surface area is 148 Å². The number of imide groups is 1. The van der Waals surface area contributed by atoms with Crippen LogP contribution < -0.4 is 14.6 Å². The molecule has 0 spiro atoms. The Kier molecular flexibility index (Phi) is 3.65. The fraction of sp³-hybridized carbons (Fsp3) is 0.176. The van der Waals surface area contributed by atoms with Crippen molar-refractivity contribution in [2.24, 2.45) is 10.3 Å². The average molecular weight is 357 g/mol. The summed E-state index contributed by atoms with van der Waals surface area (Å²) in [5.74, 6) is -0.228. The Hall–Kier alpha value is -2.93. The summed E-state index contributed by atoms with van der Waals surface area (Å²) in [7, 11) is 1.52. The average Bonchev–Trinajstić information content (AvgIpc) is 3.16. The van der Waals surface area contributed by atoms with Crippen LogP contribution in [0, 0.1) is 0 Å². The highest BCUT2D eigenvalue weighted by molar-refractivity contribution is 6.31. The molecule has 2 atom stereocenters. The van der Waals surface area contributed by atoms with Gasteiger partial charge in [0.25, 0.3) is 11.8 Å². The molecular weight excluding hydrogens is 344 g/mol. The second-order valence-corrected chi connectivity index (χ2v) is 6.07. The van der Waals surface area contributed by atoms with E-state index in [-0.39, 0.29) is 5.91 Å². The fourth-order valence-corrected chi connectivity index (χ4v) is 3.18. The number of hydrogen-bond donors (Lipinski definition) is 0. The van der Waals surface area contributed by atoms with Gasteiger partial charge in [0.2, 0.25) is 0 Å². The maximum absolute atomic E-state index is 12.9. The minimum absolute atomic E-state index is 0.381. The molecule has 126 valence electrons. The predicted octanol–water partition coefficient (Wildman–Crippen LogP) is 2.85. The zero-order valence-corrected chi connectivity index (χ0v) is 13.9. The summed E-state index contributed by atoms with van der Waals surface area (Å²) >= 11 is 6.01. The van der Waals surface area contributed by atoms with E-state index in [9.17, 15) is 9.59 Å². The van der Waals surface area contributed by atoms with Crippen LogP contribution in [0.1, 0.15) is 0 Å². The molecule has 2 aromatic carbocycles. The lowest BCUT2D eigenvalue weighted by atomic mass is 10.1. The number of amides is 2. The van der Waals surface area contributed by atoms with Crippen molar-refractivity contribution in [3.05, 3.63) is 53.6 Å². The zero-order valence-electron chi connectivity index (χ0n) is 13.2. The lowest BCUT2D eigenvalue weighted by molar-refractivity contribution is -0.121. The van der Waals surface area contributed by atoms with Crippen LogP contribution in [0.2, 0.25) is 5.02 Å². The number of fused-ring (bicyclic) bond motifs is 1. The number of methoxy groups -OCH3 is 1. The van der Waals surface area contributed by atoms with Crippen molar-refractivity contribution in [3.8, 4) is 5.75 Å². The van der Waals surface area contributed by atoms with Gasteiger partial charge in [-0.15, -0.1) is 0 Å². The smallest absolute Gasteiger partial charge is 0.263 e. The minimum atomic E-state index is -0.863. The summed E-state index contributed by atoms with van der Waals surface area (Å²) in [6.45, 7) is 0. The molecule has 0 aromatic heterocycles. The van der Waals surface area contributed by atoms with Crippen LogP contribution in [0.25, 0.3) is 0 Å². The molecule has 1 fully saturated rings. The molecule has 2 aliphatic heterocycles. The van der Waals surface area contributed by atoms with Gasteiger partial charge in [-0.3, -0.25) is 9.59 Å². The number of benzene rings is 2. The Balaban J connectivity index is 1.70. The number of carbonyl (C=O) groups is 2. The molecule has 2 amide bonds. The first-order chi connectivity index (χ1) is 12.1. The van der Waals surface area contributed by atoms with Crippen LogP contribution in [0.5, 0.6) is 5.75 Å². The zero-order chi connectivity index (χ0) is 17.6. The van der Waals surface area contributed by atoms with Crippen LogP contribution in [0.15, 0.2) is 58.9 Å². The van der Waals surface area contributed by atoms with Crippen molar-refractivity contribution in [2.45, 2.75) is 12.1 Å². The number of anilines is 2. The molecule has 8 heteroatoms. The lowest BCUT2D eigenvalue weighted by Gasteiger charge is -2.20. The highest BCUT2D eigenvalue weighted by Gasteiger charge is 2.55. The molecule has 0 unspecified atom stereocenters. The Bertz CT molecular complexity index is 901. The number of carbonyl (C=O) groups excluding carboxylic acids is 2. The van der Waals surface area contributed by atoms with Gasteiger partial charge in [-0.05, 0) is 30.3 Å². The van der Waals surface area contributed by atoms with Gasteiger partial charge in [0.05, 0.1) is 18.5 Å². The van der Waals surface area contributed by atoms with E-state index in [1.807, 2.05) is 0 Å². The molecule has 7 nitrogen and oxygen atoms in total. The van der Waals surface area contributed by atoms with Gasteiger partial charge in [-0.25, -0.2) is 9.91 Å². The fourth-order valence-electron chi connectivity index (χ4n) is 3.00. The molecule has 2 aliphatic rings. The van der Waals surface area contributed by atoms with E-state index >= 15 is 0 Å². The highest BCUT2D eigenvalue weighted by atomic mass is 35.5. The van der Waals surface area contributed by atoms with E-state index in [0.29, 0.717) is 22.1 Å². The van der Waals surface area contributed by atoms with Crippen molar-refractivity contribution in [1.29, 1.82) is 0 Å². The number of halogens is 1. The van der Waals surface area contributed by atoms with E-state index in [2.05, 4.69) is 10.3 Å². The normalized spacial score (nSPS) is 21.8. The first kappa shape index (κ1) is 15.6. The number of ether oxygens (including phenoxy) is 1. The number of hydrogen-bond acceptors (Lipinski definition) is 6. The van der Waals surface area contributed by atoms with Crippen LogP contribution >= 0.6 is 11.6 Å². The van der Waals surface area contributed by atoms with Gasteiger partial charge in [-0.1, -0.05) is 29.0 Å². The molecule has 0 N–H and O–H groups in total. The third-order valence-corrected chi connectivity index (χ3v) is 4.40. The molecule has 4 rings (SSSR count). The van der Waals surface area contributed by atoms with E-state index in [1.54, 1.807) is 48.5 Å². The molecule has 0 radical (unpaired) electrons. The summed E-state index contributed by atoms with van der Waals surface area (Å²) < 4.78 is 5.17. The molecule has 2 heterocycles. The summed E-state index contributed by atoms with van der Waals surface area (Å²) in [4.78, 5) is 26.8. The Morgan fingerprint density at radius 1 is 1.04 bits per heavy atom. The minimum Gasteiger partial charge on any atom is -0.497 e. The van der Waals surface area contributed by atoms with Crippen molar-refractivity contribution in [2.75, 3.05) is 17.0 Å².